The molecule has 27 heavy (non-hydrogen) atoms. The van der Waals surface area contributed by atoms with Gasteiger partial charge in [-0.15, -0.1) is 0 Å². The minimum Gasteiger partial charge on any atom is -0.340 e. The molecule has 1 atom stereocenters. The van der Waals surface area contributed by atoms with E-state index in [1.165, 1.54) is 6.21 Å². The Morgan fingerprint density at radius 1 is 1.11 bits per heavy atom. The van der Waals surface area contributed by atoms with E-state index >= 15 is 0 Å². The average Bonchev–Trinajstić information content (AvgIpc) is 2.60. The Labute approximate surface area is 168 Å². The maximum Gasteiger partial charge on any atom is 0.262 e. The Balaban J connectivity index is 2.04. The molecular formula is C20H21Cl2N3O2. The fraction of sp³-hybridized carbons (Fsp3) is 0.250. The molecule has 0 bridgehead atoms. The van der Waals surface area contributed by atoms with Gasteiger partial charge in [-0.25, -0.2) is 5.43 Å². The van der Waals surface area contributed by atoms with Crippen molar-refractivity contribution in [1.29, 1.82) is 0 Å². The number of aryl methyl sites for hydroxylation is 1. The van der Waals surface area contributed by atoms with Crippen molar-refractivity contribution < 1.29 is 9.59 Å². The van der Waals surface area contributed by atoms with Gasteiger partial charge in [-0.1, -0.05) is 60.8 Å². The topological polar surface area (TPSA) is 70.6 Å². The molecule has 0 heterocycles. The van der Waals surface area contributed by atoms with E-state index in [1.54, 1.807) is 36.4 Å². The molecule has 0 saturated carbocycles. The minimum absolute atomic E-state index is 0.118. The maximum absolute atomic E-state index is 12.5. The highest BCUT2D eigenvalue weighted by atomic mass is 35.5. The van der Waals surface area contributed by atoms with Crippen LogP contribution in [0.15, 0.2) is 47.6 Å². The third kappa shape index (κ3) is 6.08. The Morgan fingerprint density at radius 2 is 1.85 bits per heavy atom. The Bertz CT molecular complexity index is 866. The molecule has 0 aromatic heterocycles. The van der Waals surface area contributed by atoms with Crippen molar-refractivity contribution in [2.75, 3.05) is 0 Å². The number of halogens is 2. The molecule has 0 aliphatic heterocycles. The summed E-state index contributed by atoms with van der Waals surface area (Å²) in [4.78, 5) is 24.9. The van der Waals surface area contributed by atoms with E-state index in [0.29, 0.717) is 21.2 Å². The first-order chi connectivity index (χ1) is 12.8. The second-order valence-corrected chi connectivity index (χ2v) is 7.31. The van der Waals surface area contributed by atoms with E-state index in [4.69, 9.17) is 23.2 Å². The lowest BCUT2D eigenvalue weighted by Crippen LogP contribution is -2.48. The molecule has 0 aliphatic carbocycles. The molecule has 2 aromatic rings. The molecule has 0 radical (unpaired) electrons. The number of hydrogen-bond donors (Lipinski definition) is 2. The van der Waals surface area contributed by atoms with Gasteiger partial charge in [0.1, 0.15) is 6.04 Å². The summed E-state index contributed by atoms with van der Waals surface area (Å²) < 4.78 is 0. The zero-order valence-corrected chi connectivity index (χ0v) is 16.8. The number of benzene rings is 2. The van der Waals surface area contributed by atoms with Crippen molar-refractivity contribution in [2.24, 2.45) is 11.0 Å². The molecule has 2 N–H and O–H groups in total. The summed E-state index contributed by atoms with van der Waals surface area (Å²) in [5, 5.41) is 7.62. The van der Waals surface area contributed by atoms with Crippen LogP contribution in [0.5, 0.6) is 0 Å². The molecule has 0 unspecified atom stereocenters. The molecule has 7 heteroatoms. The van der Waals surface area contributed by atoms with E-state index < -0.39 is 11.9 Å². The fourth-order valence-electron chi connectivity index (χ4n) is 2.39. The average molecular weight is 406 g/mol. The summed E-state index contributed by atoms with van der Waals surface area (Å²) >= 11 is 11.9. The smallest absolute Gasteiger partial charge is 0.262 e. The molecule has 5 nitrogen and oxygen atoms in total. The van der Waals surface area contributed by atoms with E-state index in [9.17, 15) is 9.59 Å². The van der Waals surface area contributed by atoms with Gasteiger partial charge < -0.3 is 5.32 Å². The summed E-state index contributed by atoms with van der Waals surface area (Å²) in [6, 6.07) is 11.4. The third-order valence-corrected chi connectivity index (χ3v) is 4.42. The molecule has 0 spiro atoms. The van der Waals surface area contributed by atoms with Crippen LogP contribution in [-0.4, -0.2) is 24.1 Å². The first-order valence-electron chi connectivity index (χ1n) is 8.43. The molecule has 0 aliphatic rings. The van der Waals surface area contributed by atoms with E-state index in [1.807, 2.05) is 26.8 Å². The van der Waals surface area contributed by atoms with E-state index in [2.05, 4.69) is 15.8 Å². The Kier molecular flexibility index (Phi) is 7.39. The second kappa shape index (κ2) is 9.53. The zero-order valence-electron chi connectivity index (χ0n) is 15.3. The summed E-state index contributed by atoms with van der Waals surface area (Å²) in [7, 11) is 0. The monoisotopic (exact) mass is 405 g/mol. The van der Waals surface area contributed by atoms with Crippen molar-refractivity contribution in [2.45, 2.75) is 26.8 Å². The van der Waals surface area contributed by atoms with Gasteiger partial charge in [0.15, 0.2) is 0 Å². The SMILES string of the molecule is Cc1cccc(C(=O)N[C@H](C(=O)N/N=C\c2ccc(Cl)cc2Cl)C(C)C)c1. The van der Waals surface area contributed by atoms with Crippen LogP contribution < -0.4 is 10.7 Å². The molecule has 142 valence electrons. The number of carbonyl (C=O) groups is 2. The normalized spacial score (nSPS) is 12.2. The standard InChI is InChI=1S/C20H21Cl2N3O2/c1-12(2)18(24-19(26)14-6-4-5-13(3)9-14)20(27)25-23-11-15-7-8-16(21)10-17(15)22/h4-12,18H,1-3H3,(H,24,26)(H,25,27)/b23-11-/t18-/m0/s1. The van der Waals surface area contributed by atoms with Gasteiger partial charge in [0.2, 0.25) is 0 Å². The molecular weight excluding hydrogens is 385 g/mol. The zero-order chi connectivity index (χ0) is 20.0. The number of rotatable bonds is 6. The van der Waals surface area contributed by atoms with Crippen LogP contribution in [0, 0.1) is 12.8 Å². The highest BCUT2D eigenvalue weighted by molar-refractivity contribution is 6.36. The van der Waals surface area contributed by atoms with Crippen molar-refractivity contribution in [3.8, 4) is 0 Å². The molecule has 0 fully saturated rings. The number of hydrazone groups is 1. The Hall–Kier alpha value is -2.37. The van der Waals surface area contributed by atoms with Crippen LogP contribution in [0.4, 0.5) is 0 Å². The van der Waals surface area contributed by atoms with Crippen LogP contribution in [0.25, 0.3) is 0 Å². The van der Waals surface area contributed by atoms with Crippen molar-refractivity contribution >= 4 is 41.2 Å². The van der Waals surface area contributed by atoms with Gasteiger partial charge in [-0.3, -0.25) is 9.59 Å². The minimum atomic E-state index is -0.726. The van der Waals surface area contributed by atoms with Gasteiger partial charge in [0, 0.05) is 16.1 Å². The lowest BCUT2D eigenvalue weighted by atomic mass is 10.0. The lowest BCUT2D eigenvalue weighted by molar-refractivity contribution is -0.123. The molecule has 2 rings (SSSR count). The van der Waals surface area contributed by atoms with Gasteiger partial charge in [0.05, 0.1) is 11.2 Å². The summed E-state index contributed by atoms with van der Waals surface area (Å²) in [5.41, 5.74) is 4.54. The third-order valence-electron chi connectivity index (χ3n) is 3.86. The van der Waals surface area contributed by atoms with Crippen LogP contribution >= 0.6 is 23.2 Å². The van der Waals surface area contributed by atoms with Crippen molar-refractivity contribution in [3.05, 3.63) is 69.2 Å². The highest BCUT2D eigenvalue weighted by Crippen LogP contribution is 2.19. The van der Waals surface area contributed by atoms with Crippen LogP contribution in [-0.2, 0) is 4.79 Å². The summed E-state index contributed by atoms with van der Waals surface area (Å²) in [6.45, 7) is 5.60. The first-order valence-corrected chi connectivity index (χ1v) is 9.19. The Morgan fingerprint density at radius 3 is 2.48 bits per heavy atom. The lowest BCUT2D eigenvalue weighted by Gasteiger charge is -2.20. The number of amides is 2. The van der Waals surface area contributed by atoms with Crippen molar-refractivity contribution in [1.82, 2.24) is 10.7 Å². The fourth-order valence-corrected chi connectivity index (χ4v) is 2.84. The highest BCUT2D eigenvalue weighted by Gasteiger charge is 2.24. The molecule has 2 amide bonds. The van der Waals surface area contributed by atoms with Gasteiger partial charge in [0.25, 0.3) is 11.8 Å². The first kappa shape index (κ1) is 20.9. The van der Waals surface area contributed by atoms with Crippen molar-refractivity contribution in [3.63, 3.8) is 0 Å². The largest absolute Gasteiger partial charge is 0.340 e. The number of nitrogens with zero attached hydrogens (tertiary/aromatic N) is 1. The van der Waals surface area contributed by atoms with Gasteiger partial charge in [-0.05, 0) is 37.1 Å². The summed E-state index contributed by atoms with van der Waals surface area (Å²) in [5.74, 6) is -0.835. The molecule has 0 saturated heterocycles. The maximum atomic E-state index is 12.5. The number of nitrogens with one attached hydrogen (secondary N) is 2. The summed E-state index contributed by atoms with van der Waals surface area (Å²) in [6.07, 6.45) is 1.43. The molecule has 2 aromatic carbocycles. The predicted octanol–water partition coefficient (Wildman–Crippen LogP) is 4.21. The van der Waals surface area contributed by atoms with Gasteiger partial charge in [-0.2, -0.15) is 5.10 Å². The van der Waals surface area contributed by atoms with E-state index in [-0.39, 0.29) is 11.8 Å². The van der Waals surface area contributed by atoms with Crippen LogP contribution in [0.3, 0.4) is 0 Å². The van der Waals surface area contributed by atoms with Crippen LogP contribution in [0.1, 0.15) is 35.3 Å². The second-order valence-electron chi connectivity index (χ2n) is 6.46. The number of hydrogen-bond acceptors (Lipinski definition) is 3. The van der Waals surface area contributed by atoms with Gasteiger partial charge >= 0.3 is 0 Å². The van der Waals surface area contributed by atoms with E-state index in [0.717, 1.165) is 5.56 Å². The number of carbonyl (C=O) groups excluding carboxylic acids is 2. The van der Waals surface area contributed by atoms with Crippen LogP contribution in [0.2, 0.25) is 10.0 Å². The predicted molar refractivity (Wildman–Crippen MR) is 109 cm³/mol. The quantitative estimate of drug-likeness (QED) is 0.558.